The summed E-state index contributed by atoms with van der Waals surface area (Å²) in [6.45, 7) is 4.12. The number of ether oxygens (including phenoxy) is 1. The van der Waals surface area contributed by atoms with Gasteiger partial charge in [-0.25, -0.2) is 9.97 Å². The molecule has 2 aromatic heterocycles. The van der Waals surface area contributed by atoms with E-state index in [4.69, 9.17) is 10.5 Å². The Balaban J connectivity index is 2.71. The van der Waals surface area contributed by atoms with Crippen LogP contribution >= 0.6 is 0 Å². The van der Waals surface area contributed by atoms with Crippen LogP contribution in [0.4, 0.5) is 0 Å². The lowest BCUT2D eigenvalue weighted by Crippen LogP contribution is -2.12. The van der Waals surface area contributed by atoms with E-state index < -0.39 is 5.91 Å². The van der Waals surface area contributed by atoms with E-state index in [-0.39, 0.29) is 11.3 Å². The molecular formula is C12H13N3O3. The van der Waals surface area contributed by atoms with E-state index in [1.54, 1.807) is 13.0 Å². The topological polar surface area (TPSA) is 98.3 Å². The Hall–Kier alpha value is -2.37. The molecule has 0 aromatic carbocycles. The third kappa shape index (κ3) is 1.92. The fourth-order valence-electron chi connectivity index (χ4n) is 1.66. The number of fused-ring (bicyclic) bond motifs is 1. The number of hydrogen-bond acceptors (Lipinski definition) is 5. The molecule has 0 aliphatic heterocycles. The maximum absolute atomic E-state index is 11.1. The second-order valence-electron chi connectivity index (χ2n) is 3.76. The number of nitrogens with zero attached hydrogens (tertiary/aromatic N) is 2. The van der Waals surface area contributed by atoms with Gasteiger partial charge in [0.05, 0.1) is 23.3 Å². The first kappa shape index (κ1) is 12.1. The third-order valence-electron chi connectivity index (χ3n) is 2.54. The third-order valence-corrected chi connectivity index (χ3v) is 2.54. The maximum atomic E-state index is 11.1. The number of aromatic hydroxyl groups is 1. The van der Waals surface area contributed by atoms with Gasteiger partial charge >= 0.3 is 0 Å². The van der Waals surface area contributed by atoms with Gasteiger partial charge in [0.15, 0.2) is 5.65 Å². The maximum Gasteiger partial charge on any atom is 0.254 e. The molecule has 0 saturated heterocycles. The Morgan fingerprint density at radius 1 is 1.56 bits per heavy atom. The van der Waals surface area contributed by atoms with Crippen molar-refractivity contribution in [1.82, 2.24) is 9.97 Å². The molecule has 6 heteroatoms. The molecule has 2 rings (SSSR count). The molecule has 0 aliphatic rings. The summed E-state index contributed by atoms with van der Waals surface area (Å²) in [6, 6.07) is 1.61. The Kier molecular flexibility index (Phi) is 3.01. The minimum absolute atomic E-state index is 0.0319. The molecule has 0 unspecified atom stereocenters. The summed E-state index contributed by atoms with van der Waals surface area (Å²) in [6.07, 6.45) is 1.22. The average Bonchev–Trinajstić information content (AvgIpc) is 2.31. The molecule has 0 radical (unpaired) electrons. The van der Waals surface area contributed by atoms with Crippen LogP contribution in [-0.4, -0.2) is 27.6 Å². The summed E-state index contributed by atoms with van der Waals surface area (Å²) in [7, 11) is 0. The number of primary amides is 1. The molecule has 18 heavy (non-hydrogen) atoms. The van der Waals surface area contributed by atoms with Gasteiger partial charge in [-0.3, -0.25) is 4.79 Å². The minimum Gasteiger partial charge on any atom is -0.506 e. The Morgan fingerprint density at radius 3 is 2.89 bits per heavy atom. The van der Waals surface area contributed by atoms with E-state index >= 15 is 0 Å². The molecule has 3 N–H and O–H groups in total. The van der Waals surface area contributed by atoms with E-state index in [2.05, 4.69) is 9.97 Å². The highest BCUT2D eigenvalue weighted by Gasteiger charge is 2.15. The first-order chi connectivity index (χ1) is 8.54. The number of pyridine rings is 2. The molecule has 1 amide bonds. The lowest BCUT2D eigenvalue weighted by atomic mass is 10.1. The van der Waals surface area contributed by atoms with E-state index in [1.165, 1.54) is 6.20 Å². The first-order valence-electron chi connectivity index (χ1n) is 5.46. The lowest BCUT2D eigenvalue weighted by Gasteiger charge is -2.09. The minimum atomic E-state index is -0.736. The monoisotopic (exact) mass is 247 g/mol. The number of hydrogen-bond donors (Lipinski definition) is 2. The Morgan fingerprint density at radius 2 is 2.28 bits per heavy atom. The van der Waals surface area contributed by atoms with E-state index in [1.807, 2.05) is 6.92 Å². The van der Waals surface area contributed by atoms with Crippen LogP contribution in [0.3, 0.4) is 0 Å². The molecule has 0 fully saturated rings. The second-order valence-corrected chi connectivity index (χ2v) is 3.76. The normalized spacial score (nSPS) is 10.6. The van der Waals surface area contributed by atoms with Gasteiger partial charge in [-0.15, -0.1) is 0 Å². The van der Waals surface area contributed by atoms with Crippen LogP contribution in [-0.2, 0) is 0 Å². The molecule has 94 valence electrons. The summed E-state index contributed by atoms with van der Waals surface area (Å²) >= 11 is 0. The molecule has 0 aliphatic carbocycles. The van der Waals surface area contributed by atoms with Crippen molar-refractivity contribution >= 4 is 16.9 Å². The smallest absolute Gasteiger partial charge is 0.254 e. The van der Waals surface area contributed by atoms with Crippen molar-refractivity contribution in [2.24, 2.45) is 5.73 Å². The lowest BCUT2D eigenvalue weighted by molar-refractivity contribution is 0.0997. The number of carbonyl (C=O) groups excluding carboxylic acids is 1. The summed E-state index contributed by atoms with van der Waals surface area (Å²) in [5.74, 6) is -0.412. The SMILES string of the molecule is CCOc1cc2c(O)c(C(N)=O)cnc2nc1C. The van der Waals surface area contributed by atoms with Crippen LogP contribution in [0, 0.1) is 6.92 Å². The number of carbonyl (C=O) groups is 1. The van der Waals surface area contributed by atoms with Crippen LogP contribution in [0.5, 0.6) is 11.5 Å². The second kappa shape index (κ2) is 4.48. The summed E-state index contributed by atoms with van der Waals surface area (Å²) < 4.78 is 5.38. The van der Waals surface area contributed by atoms with Crippen molar-refractivity contribution < 1.29 is 14.6 Å². The summed E-state index contributed by atoms with van der Waals surface area (Å²) in [5, 5.41) is 10.3. The zero-order chi connectivity index (χ0) is 13.3. The van der Waals surface area contributed by atoms with E-state index in [9.17, 15) is 9.90 Å². The van der Waals surface area contributed by atoms with Crippen molar-refractivity contribution in [3.8, 4) is 11.5 Å². The zero-order valence-electron chi connectivity index (χ0n) is 10.1. The first-order valence-corrected chi connectivity index (χ1v) is 5.46. The van der Waals surface area contributed by atoms with Gasteiger partial charge < -0.3 is 15.6 Å². The van der Waals surface area contributed by atoms with Gasteiger partial charge in [0.25, 0.3) is 5.91 Å². The molecule has 0 spiro atoms. The van der Waals surface area contributed by atoms with Crippen molar-refractivity contribution in [2.45, 2.75) is 13.8 Å². The number of aryl methyl sites for hydroxylation is 1. The fourth-order valence-corrected chi connectivity index (χ4v) is 1.66. The predicted octanol–water partition coefficient (Wildman–Crippen LogP) is 1.14. The van der Waals surface area contributed by atoms with Gasteiger partial charge in [0.1, 0.15) is 11.5 Å². The van der Waals surface area contributed by atoms with Crippen molar-refractivity contribution in [3.05, 3.63) is 23.5 Å². The van der Waals surface area contributed by atoms with Crippen molar-refractivity contribution in [1.29, 1.82) is 0 Å². The van der Waals surface area contributed by atoms with Crippen LogP contribution in [0.15, 0.2) is 12.3 Å². The fraction of sp³-hybridized carbons (Fsp3) is 0.250. The van der Waals surface area contributed by atoms with E-state index in [0.717, 1.165) is 0 Å². The van der Waals surface area contributed by atoms with Crippen molar-refractivity contribution in [3.63, 3.8) is 0 Å². The summed E-state index contributed by atoms with van der Waals surface area (Å²) in [5.41, 5.74) is 6.13. The highest BCUT2D eigenvalue weighted by atomic mass is 16.5. The van der Waals surface area contributed by atoms with Crippen molar-refractivity contribution in [2.75, 3.05) is 6.61 Å². The Labute approximate surface area is 103 Å². The number of rotatable bonds is 3. The van der Waals surface area contributed by atoms with Gasteiger partial charge in [-0.1, -0.05) is 0 Å². The van der Waals surface area contributed by atoms with Gasteiger partial charge in [0.2, 0.25) is 0 Å². The molecule has 2 heterocycles. The molecule has 0 atom stereocenters. The largest absolute Gasteiger partial charge is 0.506 e. The van der Waals surface area contributed by atoms with Gasteiger partial charge in [-0.05, 0) is 19.9 Å². The Bertz CT molecular complexity index is 625. The van der Waals surface area contributed by atoms with E-state index in [0.29, 0.717) is 29.1 Å². The predicted molar refractivity (Wildman–Crippen MR) is 65.6 cm³/mol. The quantitative estimate of drug-likeness (QED) is 0.847. The molecular weight excluding hydrogens is 234 g/mol. The zero-order valence-corrected chi connectivity index (χ0v) is 10.1. The number of nitrogens with two attached hydrogens (primary N) is 1. The van der Waals surface area contributed by atoms with Crippen LogP contribution in [0.25, 0.3) is 11.0 Å². The average molecular weight is 247 g/mol. The van der Waals surface area contributed by atoms with Crippen LogP contribution < -0.4 is 10.5 Å². The van der Waals surface area contributed by atoms with Gasteiger partial charge in [0, 0.05) is 6.20 Å². The highest BCUT2D eigenvalue weighted by Crippen LogP contribution is 2.30. The van der Waals surface area contributed by atoms with Crippen LogP contribution in [0.2, 0.25) is 0 Å². The molecule has 6 nitrogen and oxygen atoms in total. The molecule has 0 saturated carbocycles. The molecule has 0 bridgehead atoms. The number of amides is 1. The molecule has 2 aromatic rings. The summed E-state index contributed by atoms with van der Waals surface area (Å²) in [4.78, 5) is 19.3. The standard InChI is InChI=1S/C12H13N3O3/c1-3-18-9-4-7-10(16)8(11(13)17)5-14-12(7)15-6(9)2/h4-5H,3H2,1-2H3,(H2,13,17)(H,14,15,16). The van der Waals surface area contributed by atoms with Crippen LogP contribution in [0.1, 0.15) is 23.0 Å². The van der Waals surface area contributed by atoms with Gasteiger partial charge in [-0.2, -0.15) is 0 Å². The number of aromatic nitrogens is 2. The highest BCUT2D eigenvalue weighted by molar-refractivity contribution is 6.00.